The topological polar surface area (TPSA) is 32.3 Å². The van der Waals surface area contributed by atoms with Crippen LogP contribution in [0.1, 0.15) is 51.8 Å². The van der Waals surface area contributed by atoms with E-state index in [1.165, 1.54) is 5.56 Å². The highest BCUT2D eigenvalue weighted by Gasteiger charge is 2.17. The summed E-state index contributed by atoms with van der Waals surface area (Å²) in [6.07, 6.45) is -0.441. The van der Waals surface area contributed by atoms with E-state index in [-0.39, 0.29) is 11.5 Å². The molecule has 2 heteroatoms. The quantitative estimate of drug-likeness (QED) is 0.841. The monoisotopic (exact) mass is 235 g/mol. The largest absolute Gasteiger partial charge is 0.387 e. The van der Waals surface area contributed by atoms with Crippen molar-refractivity contribution in [2.75, 3.05) is 6.54 Å². The van der Waals surface area contributed by atoms with Gasteiger partial charge in [0.1, 0.15) is 0 Å². The summed E-state index contributed by atoms with van der Waals surface area (Å²) in [6, 6.07) is 8.35. The highest BCUT2D eigenvalue weighted by molar-refractivity contribution is 5.29. The molecule has 2 atom stereocenters. The number of hydrogen-bond donors (Lipinski definition) is 2. The van der Waals surface area contributed by atoms with Crippen molar-refractivity contribution in [2.45, 2.75) is 52.2 Å². The van der Waals surface area contributed by atoms with Gasteiger partial charge in [0.2, 0.25) is 0 Å². The molecule has 0 spiro atoms. The molecule has 1 rings (SSSR count). The summed E-state index contributed by atoms with van der Waals surface area (Å²) in [4.78, 5) is 0. The van der Waals surface area contributed by atoms with E-state index in [1.807, 2.05) is 26.0 Å². The second-order valence-electron chi connectivity index (χ2n) is 5.66. The van der Waals surface area contributed by atoms with Crippen LogP contribution in [-0.4, -0.2) is 17.7 Å². The lowest BCUT2D eigenvalue weighted by Crippen LogP contribution is -2.31. The van der Waals surface area contributed by atoms with E-state index in [9.17, 15) is 5.11 Å². The maximum absolute atomic E-state index is 10.2. The third-order valence-corrected chi connectivity index (χ3v) is 3.12. The van der Waals surface area contributed by atoms with Crippen LogP contribution in [0, 0.1) is 0 Å². The van der Waals surface area contributed by atoms with Crippen LogP contribution in [0.5, 0.6) is 0 Å². The number of aliphatic hydroxyl groups is 1. The van der Waals surface area contributed by atoms with E-state index in [0.29, 0.717) is 0 Å². The van der Waals surface area contributed by atoms with Gasteiger partial charge >= 0.3 is 0 Å². The van der Waals surface area contributed by atoms with E-state index < -0.39 is 6.10 Å². The Morgan fingerprint density at radius 3 is 2.12 bits per heavy atom. The Bertz CT molecular complexity index is 337. The molecule has 0 aliphatic rings. The lowest BCUT2D eigenvalue weighted by molar-refractivity contribution is 0.137. The van der Waals surface area contributed by atoms with Gasteiger partial charge in [-0.25, -0.2) is 0 Å². The number of nitrogens with one attached hydrogen (secondary N) is 1. The van der Waals surface area contributed by atoms with Crippen molar-refractivity contribution in [3.05, 3.63) is 35.4 Å². The van der Waals surface area contributed by atoms with E-state index in [2.05, 4.69) is 38.2 Å². The fourth-order valence-electron chi connectivity index (χ4n) is 1.90. The molecule has 0 heterocycles. The normalized spacial score (nSPS) is 15.6. The van der Waals surface area contributed by atoms with Crippen LogP contribution in [0.15, 0.2) is 24.3 Å². The van der Waals surface area contributed by atoms with Crippen molar-refractivity contribution >= 4 is 0 Å². The first kappa shape index (κ1) is 14.2. The second kappa shape index (κ2) is 5.65. The molecule has 1 aromatic carbocycles. The third kappa shape index (κ3) is 3.83. The molecule has 0 radical (unpaired) electrons. The van der Waals surface area contributed by atoms with Crippen LogP contribution in [0.25, 0.3) is 0 Å². The molecule has 2 nitrogen and oxygen atoms in total. The van der Waals surface area contributed by atoms with Gasteiger partial charge in [0.05, 0.1) is 6.10 Å². The zero-order valence-corrected chi connectivity index (χ0v) is 11.6. The Morgan fingerprint density at radius 1 is 1.18 bits per heavy atom. The second-order valence-corrected chi connectivity index (χ2v) is 5.66. The fraction of sp³-hybridized carbons (Fsp3) is 0.600. The standard InChI is InChI=1S/C15H25NO/c1-6-16-11(2)14(17)12-7-9-13(10-8-12)15(3,4)5/h7-11,14,16-17H,6H2,1-5H3. The van der Waals surface area contributed by atoms with Crippen molar-refractivity contribution in [3.63, 3.8) is 0 Å². The lowest BCUT2D eigenvalue weighted by Gasteiger charge is -2.22. The molecule has 0 aliphatic heterocycles. The van der Waals surface area contributed by atoms with Crippen LogP contribution in [0.3, 0.4) is 0 Å². The maximum atomic E-state index is 10.2. The van der Waals surface area contributed by atoms with Crippen molar-refractivity contribution in [3.8, 4) is 0 Å². The van der Waals surface area contributed by atoms with E-state index in [1.54, 1.807) is 0 Å². The van der Waals surface area contributed by atoms with Crippen LogP contribution < -0.4 is 5.32 Å². The van der Waals surface area contributed by atoms with Gasteiger partial charge < -0.3 is 10.4 Å². The summed E-state index contributed by atoms with van der Waals surface area (Å²) in [6.45, 7) is 11.5. The van der Waals surface area contributed by atoms with Crippen LogP contribution >= 0.6 is 0 Å². The SMILES string of the molecule is CCNC(C)C(O)c1ccc(C(C)(C)C)cc1. The molecule has 17 heavy (non-hydrogen) atoms. The Balaban J connectivity index is 2.80. The Kier molecular flexibility index (Phi) is 4.72. The Morgan fingerprint density at radius 2 is 1.71 bits per heavy atom. The zero-order chi connectivity index (χ0) is 13.1. The van der Waals surface area contributed by atoms with Gasteiger partial charge in [0.25, 0.3) is 0 Å². The molecular weight excluding hydrogens is 210 g/mol. The van der Waals surface area contributed by atoms with Crippen LogP contribution in [-0.2, 0) is 5.41 Å². The summed E-state index contributed by atoms with van der Waals surface area (Å²) in [5, 5.41) is 13.4. The highest BCUT2D eigenvalue weighted by Crippen LogP contribution is 2.24. The third-order valence-electron chi connectivity index (χ3n) is 3.12. The lowest BCUT2D eigenvalue weighted by atomic mass is 9.86. The van der Waals surface area contributed by atoms with Crippen molar-refractivity contribution in [1.29, 1.82) is 0 Å². The number of rotatable bonds is 4. The van der Waals surface area contributed by atoms with Crippen molar-refractivity contribution in [2.24, 2.45) is 0 Å². The summed E-state index contributed by atoms with van der Waals surface area (Å²) >= 11 is 0. The summed E-state index contributed by atoms with van der Waals surface area (Å²) in [5.74, 6) is 0. The summed E-state index contributed by atoms with van der Waals surface area (Å²) < 4.78 is 0. The van der Waals surface area contributed by atoms with E-state index >= 15 is 0 Å². The molecule has 0 saturated heterocycles. The number of hydrogen-bond acceptors (Lipinski definition) is 2. The highest BCUT2D eigenvalue weighted by atomic mass is 16.3. The average molecular weight is 235 g/mol. The predicted molar refractivity (Wildman–Crippen MR) is 73.2 cm³/mol. The minimum Gasteiger partial charge on any atom is -0.387 e. The van der Waals surface area contributed by atoms with Gasteiger partial charge in [-0.2, -0.15) is 0 Å². The molecular formula is C15H25NO. The molecule has 2 N–H and O–H groups in total. The minimum atomic E-state index is -0.441. The van der Waals surface area contributed by atoms with Gasteiger partial charge in [-0.1, -0.05) is 52.0 Å². The van der Waals surface area contributed by atoms with Gasteiger partial charge in [-0.3, -0.25) is 0 Å². The maximum Gasteiger partial charge on any atom is 0.0940 e. The molecule has 2 unspecified atom stereocenters. The predicted octanol–water partition coefficient (Wildman–Crippen LogP) is 3.02. The fourth-order valence-corrected chi connectivity index (χ4v) is 1.90. The molecule has 0 aliphatic carbocycles. The van der Waals surface area contributed by atoms with E-state index in [4.69, 9.17) is 0 Å². The van der Waals surface area contributed by atoms with Crippen LogP contribution in [0.4, 0.5) is 0 Å². The summed E-state index contributed by atoms with van der Waals surface area (Å²) in [5.41, 5.74) is 2.44. The van der Waals surface area contributed by atoms with Crippen molar-refractivity contribution in [1.82, 2.24) is 5.32 Å². The summed E-state index contributed by atoms with van der Waals surface area (Å²) in [7, 11) is 0. The van der Waals surface area contributed by atoms with Gasteiger partial charge in [0.15, 0.2) is 0 Å². The van der Waals surface area contributed by atoms with Gasteiger partial charge in [0, 0.05) is 6.04 Å². The Labute approximate surface area is 105 Å². The van der Waals surface area contributed by atoms with Gasteiger partial charge in [-0.15, -0.1) is 0 Å². The number of benzene rings is 1. The molecule has 0 bridgehead atoms. The zero-order valence-electron chi connectivity index (χ0n) is 11.6. The average Bonchev–Trinajstić information content (AvgIpc) is 2.27. The molecule has 0 saturated carbocycles. The molecule has 96 valence electrons. The molecule has 1 aromatic rings. The first-order valence-corrected chi connectivity index (χ1v) is 6.38. The molecule has 0 amide bonds. The smallest absolute Gasteiger partial charge is 0.0940 e. The number of likely N-dealkylation sites (N-methyl/N-ethyl adjacent to an activating group) is 1. The van der Waals surface area contributed by atoms with E-state index in [0.717, 1.165) is 12.1 Å². The molecule has 0 aromatic heterocycles. The number of aliphatic hydroxyl groups excluding tert-OH is 1. The van der Waals surface area contributed by atoms with Crippen molar-refractivity contribution < 1.29 is 5.11 Å². The van der Waals surface area contributed by atoms with Crippen LogP contribution in [0.2, 0.25) is 0 Å². The first-order chi connectivity index (χ1) is 7.86. The minimum absolute atomic E-state index is 0.0838. The first-order valence-electron chi connectivity index (χ1n) is 6.38. The Hall–Kier alpha value is -0.860. The van der Waals surface area contributed by atoms with Gasteiger partial charge in [-0.05, 0) is 30.0 Å². The molecule has 0 fully saturated rings.